The number of hydrogen-bond donors (Lipinski definition) is 2. The molecule has 2 rings (SSSR count). The van der Waals surface area contributed by atoms with E-state index in [4.69, 9.17) is 4.74 Å². The van der Waals surface area contributed by atoms with Crippen LogP contribution in [0.5, 0.6) is 5.75 Å². The topological polar surface area (TPSA) is 102 Å². The van der Waals surface area contributed by atoms with E-state index < -0.39 is 15.9 Å². The minimum atomic E-state index is -3.81. The fraction of sp³-hybridized carbons (Fsp3) is 0.263. The Morgan fingerprint density at radius 3 is 2.41 bits per heavy atom. The standard InChI is InChI=1S/C19H22N2O5S/c1-4-20-27(24,25)18-12-15(9-10-17(18)26-5-2)19(23)21-16-8-6-7-14(11-16)13(3)22/h6-12,20H,4-5H2,1-3H3,(H,21,23). The fourth-order valence-corrected chi connectivity index (χ4v) is 3.63. The Morgan fingerprint density at radius 1 is 1.04 bits per heavy atom. The van der Waals surface area contributed by atoms with E-state index in [0.717, 1.165) is 0 Å². The van der Waals surface area contributed by atoms with Crippen LogP contribution in [0, 0.1) is 0 Å². The lowest BCUT2D eigenvalue weighted by Crippen LogP contribution is -2.24. The van der Waals surface area contributed by atoms with Crippen molar-refractivity contribution in [3.05, 3.63) is 53.6 Å². The molecule has 2 N–H and O–H groups in total. The number of carbonyl (C=O) groups is 2. The number of benzene rings is 2. The van der Waals surface area contributed by atoms with Crippen LogP contribution in [0.3, 0.4) is 0 Å². The van der Waals surface area contributed by atoms with Crippen molar-refractivity contribution in [2.24, 2.45) is 0 Å². The maximum atomic E-state index is 12.5. The van der Waals surface area contributed by atoms with E-state index in [2.05, 4.69) is 10.0 Å². The van der Waals surface area contributed by atoms with Gasteiger partial charge in [-0.25, -0.2) is 13.1 Å². The molecule has 0 radical (unpaired) electrons. The van der Waals surface area contributed by atoms with Gasteiger partial charge in [0.25, 0.3) is 5.91 Å². The van der Waals surface area contributed by atoms with Gasteiger partial charge < -0.3 is 10.1 Å². The molecule has 8 heteroatoms. The van der Waals surface area contributed by atoms with Crippen LogP contribution < -0.4 is 14.8 Å². The number of rotatable bonds is 8. The van der Waals surface area contributed by atoms with Crippen LogP contribution in [0.4, 0.5) is 5.69 Å². The predicted molar refractivity (Wildman–Crippen MR) is 103 cm³/mol. The quantitative estimate of drug-likeness (QED) is 0.675. The Morgan fingerprint density at radius 2 is 1.78 bits per heavy atom. The summed E-state index contributed by atoms with van der Waals surface area (Å²) in [4.78, 5) is 23.9. The molecular formula is C19H22N2O5S. The van der Waals surface area contributed by atoms with Gasteiger partial charge in [-0.2, -0.15) is 0 Å². The van der Waals surface area contributed by atoms with Crippen LogP contribution in [-0.2, 0) is 10.0 Å². The second-order valence-electron chi connectivity index (χ2n) is 5.69. The number of amides is 1. The van der Waals surface area contributed by atoms with Crippen LogP contribution in [0.2, 0.25) is 0 Å². The third kappa shape index (κ3) is 5.15. The van der Waals surface area contributed by atoms with Gasteiger partial charge in [0.1, 0.15) is 10.6 Å². The predicted octanol–water partition coefficient (Wildman–Crippen LogP) is 2.84. The first-order valence-electron chi connectivity index (χ1n) is 8.47. The van der Waals surface area contributed by atoms with Gasteiger partial charge in [-0.15, -0.1) is 0 Å². The molecule has 0 heterocycles. The van der Waals surface area contributed by atoms with Gasteiger partial charge in [0, 0.05) is 23.4 Å². The van der Waals surface area contributed by atoms with Crippen molar-refractivity contribution in [1.29, 1.82) is 0 Å². The van der Waals surface area contributed by atoms with Gasteiger partial charge in [0.15, 0.2) is 5.78 Å². The van der Waals surface area contributed by atoms with E-state index in [0.29, 0.717) is 11.3 Å². The first kappa shape index (κ1) is 20.6. The molecule has 0 spiro atoms. The van der Waals surface area contributed by atoms with Crippen LogP contribution >= 0.6 is 0 Å². The van der Waals surface area contributed by atoms with E-state index >= 15 is 0 Å². The highest BCUT2D eigenvalue weighted by atomic mass is 32.2. The number of ketones is 1. The summed E-state index contributed by atoms with van der Waals surface area (Å²) in [6.45, 7) is 5.34. The Kier molecular flexibility index (Phi) is 6.70. The number of anilines is 1. The molecule has 2 aromatic carbocycles. The number of hydrogen-bond acceptors (Lipinski definition) is 5. The van der Waals surface area contributed by atoms with Gasteiger partial charge in [0.2, 0.25) is 10.0 Å². The molecule has 0 bridgehead atoms. The zero-order chi connectivity index (χ0) is 20.0. The Balaban J connectivity index is 2.36. The first-order chi connectivity index (χ1) is 12.8. The van der Waals surface area contributed by atoms with Gasteiger partial charge in [-0.05, 0) is 44.2 Å². The minimum Gasteiger partial charge on any atom is -0.492 e. The summed E-state index contributed by atoms with van der Waals surface area (Å²) >= 11 is 0. The normalized spacial score (nSPS) is 11.1. The lowest BCUT2D eigenvalue weighted by Gasteiger charge is -2.13. The third-order valence-corrected chi connectivity index (χ3v) is 5.22. The van der Waals surface area contributed by atoms with E-state index in [1.165, 1.54) is 25.1 Å². The summed E-state index contributed by atoms with van der Waals surface area (Å²) in [5.74, 6) is -0.438. The summed E-state index contributed by atoms with van der Waals surface area (Å²) < 4.78 is 32.6. The molecule has 144 valence electrons. The molecule has 0 aliphatic rings. The number of carbonyl (C=O) groups excluding carboxylic acids is 2. The zero-order valence-electron chi connectivity index (χ0n) is 15.4. The summed E-state index contributed by atoms with van der Waals surface area (Å²) in [5, 5.41) is 2.67. The molecule has 0 atom stereocenters. The molecular weight excluding hydrogens is 368 g/mol. The molecule has 27 heavy (non-hydrogen) atoms. The monoisotopic (exact) mass is 390 g/mol. The third-order valence-electron chi connectivity index (χ3n) is 3.66. The molecule has 7 nitrogen and oxygen atoms in total. The van der Waals surface area contributed by atoms with Crippen molar-refractivity contribution in [2.45, 2.75) is 25.7 Å². The molecule has 0 aromatic heterocycles. The zero-order valence-corrected chi connectivity index (χ0v) is 16.2. The average molecular weight is 390 g/mol. The highest BCUT2D eigenvalue weighted by Crippen LogP contribution is 2.26. The molecule has 0 saturated heterocycles. The van der Waals surface area contributed by atoms with E-state index in [1.54, 1.807) is 38.1 Å². The summed E-state index contributed by atoms with van der Waals surface area (Å²) in [6, 6.07) is 10.7. The maximum absolute atomic E-state index is 12.5. The largest absolute Gasteiger partial charge is 0.492 e. The molecule has 0 saturated carbocycles. The Hall–Kier alpha value is -2.71. The second-order valence-corrected chi connectivity index (χ2v) is 7.42. The van der Waals surface area contributed by atoms with Crippen molar-refractivity contribution in [1.82, 2.24) is 4.72 Å². The van der Waals surface area contributed by atoms with Crippen molar-refractivity contribution in [2.75, 3.05) is 18.5 Å². The van der Waals surface area contributed by atoms with Crippen LogP contribution in [0.15, 0.2) is 47.4 Å². The highest BCUT2D eigenvalue weighted by molar-refractivity contribution is 7.89. The van der Waals surface area contributed by atoms with E-state index in [-0.39, 0.29) is 35.1 Å². The van der Waals surface area contributed by atoms with Crippen LogP contribution in [0.1, 0.15) is 41.5 Å². The molecule has 0 aliphatic heterocycles. The van der Waals surface area contributed by atoms with Gasteiger partial charge >= 0.3 is 0 Å². The van der Waals surface area contributed by atoms with E-state index in [9.17, 15) is 18.0 Å². The van der Waals surface area contributed by atoms with E-state index in [1.807, 2.05) is 0 Å². The summed E-state index contributed by atoms with van der Waals surface area (Å²) in [6.07, 6.45) is 0. The van der Waals surface area contributed by atoms with Crippen molar-refractivity contribution in [3.63, 3.8) is 0 Å². The first-order valence-corrected chi connectivity index (χ1v) is 9.95. The summed E-state index contributed by atoms with van der Waals surface area (Å²) in [5.41, 5.74) is 1.07. The number of sulfonamides is 1. The smallest absolute Gasteiger partial charge is 0.255 e. The molecule has 1 amide bonds. The fourth-order valence-electron chi connectivity index (χ4n) is 2.42. The SMILES string of the molecule is CCNS(=O)(=O)c1cc(C(=O)Nc2cccc(C(C)=O)c2)ccc1OCC. The van der Waals surface area contributed by atoms with Crippen molar-refractivity contribution >= 4 is 27.4 Å². The number of Topliss-reactive ketones (excluding diaryl/α,β-unsaturated/α-hetero) is 1. The highest BCUT2D eigenvalue weighted by Gasteiger charge is 2.21. The average Bonchev–Trinajstić information content (AvgIpc) is 2.62. The molecule has 0 unspecified atom stereocenters. The van der Waals surface area contributed by atoms with Gasteiger partial charge in [-0.3, -0.25) is 9.59 Å². The number of ether oxygens (including phenoxy) is 1. The summed E-state index contributed by atoms with van der Waals surface area (Å²) in [7, 11) is -3.81. The molecule has 0 aliphatic carbocycles. The van der Waals surface area contributed by atoms with Gasteiger partial charge in [0.05, 0.1) is 6.61 Å². The van der Waals surface area contributed by atoms with Crippen molar-refractivity contribution < 1.29 is 22.7 Å². The second kappa shape index (κ2) is 8.79. The van der Waals surface area contributed by atoms with Crippen LogP contribution in [0.25, 0.3) is 0 Å². The Bertz CT molecular complexity index is 954. The lowest BCUT2D eigenvalue weighted by molar-refractivity contribution is 0.101. The lowest BCUT2D eigenvalue weighted by atomic mass is 10.1. The van der Waals surface area contributed by atoms with Gasteiger partial charge in [-0.1, -0.05) is 19.1 Å². The maximum Gasteiger partial charge on any atom is 0.255 e. The minimum absolute atomic E-state index is 0.101. The number of nitrogens with one attached hydrogen (secondary N) is 2. The van der Waals surface area contributed by atoms with Crippen molar-refractivity contribution in [3.8, 4) is 5.75 Å². The Labute approximate surface area is 158 Å². The molecule has 2 aromatic rings. The molecule has 0 fully saturated rings. The van der Waals surface area contributed by atoms with Crippen LogP contribution in [-0.4, -0.2) is 33.3 Å².